The number of aromatic hydroxyl groups is 1. The average Bonchev–Trinajstić information content (AvgIpc) is 3.25. The Bertz CT molecular complexity index is 1440. The number of fused-ring (bicyclic) bond motifs is 1. The molecule has 1 aliphatic rings. The molecule has 12 heteroatoms. The maximum Gasteiger partial charge on any atom is 0.419 e. The Hall–Kier alpha value is -3.80. The van der Waals surface area contributed by atoms with Crippen LogP contribution in [0.25, 0.3) is 22.3 Å². The third-order valence-electron chi connectivity index (χ3n) is 6.31. The highest BCUT2D eigenvalue weighted by Gasteiger charge is 2.38. The lowest BCUT2D eigenvalue weighted by Crippen LogP contribution is -2.47. The summed E-state index contributed by atoms with van der Waals surface area (Å²) in [7, 11) is 0. The highest BCUT2D eigenvalue weighted by atomic mass is 19.4. The molecule has 4 aromatic rings. The van der Waals surface area contributed by atoms with Gasteiger partial charge in [-0.05, 0) is 25.0 Å². The van der Waals surface area contributed by atoms with Crippen molar-refractivity contribution in [1.82, 2.24) is 19.7 Å². The summed E-state index contributed by atoms with van der Waals surface area (Å²) in [5.74, 6) is -4.98. The first-order chi connectivity index (χ1) is 17.7. The minimum absolute atomic E-state index is 0.0631. The van der Waals surface area contributed by atoms with Crippen molar-refractivity contribution < 1.29 is 31.8 Å². The number of anilines is 1. The van der Waals surface area contributed by atoms with E-state index in [1.54, 1.807) is 6.92 Å². The number of nitrogens with zero attached hydrogens (tertiary/aromatic N) is 5. The molecule has 2 aromatic carbocycles. The smallest absolute Gasteiger partial charge is 0.419 e. The number of aryl methyl sites for hydroxylation is 1. The van der Waals surface area contributed by atoms with Gasteiger partial charge in [0.25, 0.3) is 0 Å². The first kappa shape index (κ1) is 24.9. The summed E-state index contributed by atoms with van der Waals surface area (Å²) >= 11 is 0. The average molecular weight is 519 g/mol. The quantitative estimate of drug-likeness (QED) is 0.376. The molecule has 5 rings (SSSR count). The van der Waals surface area contributed by atoms with Crippen LogP contribution in [0, 0.1) is 11.6 Å². The van der Waals surface area contributed by atoms with Crippen molar-refractivity contribution in [2.24, 2.45) is 0 Å². The fourth-order valence-corrected chi connectivity index (χ4v) is 4.48. The van der Waals surface area contributed by atoms with Crippen molar-refractivity contribution in [3.63, 3.8) is 0 Å². The topological polar surface area (TPSA) is 76.3 Å². The fraction of sp³-hybridized carbons (Fsp3) is 0.320. The molecule has 0 aliphatic carbocycles. The van der Waals surface area contributed by atoms with Crippen molar-refractivity contribution in [3.8, 4) is 17.0 Å². The van der Waals surface area contributed by atoms with Crippen molar-refractivity contribution in [3.05, 3.63) is 65.4 Å². The molecule has 0 spiro atoms. The Morgan fingerprint density at radius 2 is 1.89 bits per heavy atom. The molecule has 1 N–H and O–H groups in total. The molecule has 0 amide bonds. The van der Waals surface area contributed by atoms with Gasteiger partial charge in [0.2, 0.25) is 5.95 Å². The Labute approximate surface area is 208 Å². The predicted molar refractivity (Wildman–Crippen MR) is 125 cm³/mol. The summed E-state index contributed by atoms with van der Waals surface area (Å²) in [4.78, 5) is 11.0. The number of alkyl halides is 3. The van der Waals surface area contributed by atoms with E-state index in [9.17, 15) is 27.1 Å². The standard InChI is InChI=1S/C25H22F5N5O2/c1-2-35-23-17(21(33-35)16-11-18(25(28,29)30)20(27)22(36)19(16)26)12-31-24(32-23)34-8-9-37-13-15(34)10-14-6-4-3-5-7-14/h3-7,11-12,15,36H,2,8-10,13H2,1H3/t15-/m1/s1. The fourth-order valence-electron chi connectivity index (χ4n) is 4.48. The van der Waals surface area contributed by atoms with Crippen molar-refractivity contribution in [1.29, 1.82) is 0 Å². The summed E-state index contributed by atoms with van der Waals surface area (Å²) in [6.07, 6.45) is -3.12. The van der Waals surface area contributed by atoms with Crippen molar-refractivity contribution >= 4 is 17.0 Å². The Balaban J connectivity index is 1.59. The molecule has 0 bridgehead atoms. The van der Waals surface area contributed by atoms with E-state index in [0.29, 0.717) is 38.2 Å². The normalized spacial score (nSPS) is 16.5. The van der Waals surface area contributed by atoms with Gasteiger partial charge in [-0.1, -0.05) is 30.3 Å². The van der Waals surface area contributed by atoms with Crippen molar-refractivity contribution in [2.75, 3.05) is 24.7 Å². The number of benzene rings is 2. The first-order valence-electron chi connectivity index (χ1n) is 11.6. The number of ether oxygens (including phenoxy) is 1. The van der Waals surface area contributed by atoms with Crippen LogP contribution in [0.3, 0.4) is 0 Å². The minimum atomic E-state index is -5.15. The second-order valence-electron chi connectivity index (χ2n) is 8.63. The zero-order chi connectivity index (χ0) is 26.3. The second-order valence-corrected chi connectivity index (χ2v) is 8.63. The van der Waals surface area contributed by atoms with Gasteiger partial charge in [0, 0.05) is 24.8 Å². The Kier molecular flexibility index (Phi) is 6.44. The maximum atomic E-state index is 14.8. The molecule has 0 radical (unpaired) electrons. The van der Waals surface area contributed by atoms with E-state index in [1.165, 1.54) is 10.9 Å². The lowest BCUT2D eigenvalue weighted by Gasteiger charge is -2.35. The zero-order valence-electron chi connectivity index (χ0n) is 19.6. The van der Waals surface area contributed by atoms with Crippen LogP contribution in [0.2, 0.25) is 0 Å². The van der Waals surface area contributed by atoms with E-state index in [0.717, 1.165) is 5.56 Å². The third-order valence-corrected chi connectivity index (χ3v) is 6.31. The molecule has 1 saturated heterocycles. The van der Waals surface area contributed by atoms with Crippen LogP contribution in [0.15, 0.2) is 42.6 Å². The van der Waals surface area contributed by atoms with Gasteiger partial charge in [0.15, 0.2) is 23.0 Å². The van der Waals surface area contributed by atoms with Gasteiger partial charge < -0.3 is 14.7 Å². The lowest BCUT2D eigenvalue weighted by molar-refractivity contribution is -0.140. The summed E-state index contributed by atoms with van der Waals surface area (Å²) in [5.41, 5.74) is -1.35. The largest absolute Gasteiger partial charge is 0.503 e. The lowest BCUT2D eigenvalue weighted by atomic mass is 10.0. The van der Waals surface area contributed by atoms with Gasteiger partial charge >= 0.3 is 6.18 Å². The number of halogens is 5. The number of hydrogen-bond acceptors (Lipinski definition) is 6. The monoisotopic (exact) mass is 519 g/mol. The van der Waals surface area contributed by atoms with E-state index in [-0.39, 0.29) is 29.3 Å². The number of aromatic nitrogens is 4. The van der Waals surface area contributed by atoms with E-state index >= 15 is 0 Å². The van der Waals surface area contributed by atoms with Crippen LogP contribution in [-0.4, -0.2) is 50.7 Å². The molecule has 3 heterocycles. The highest BCUT2D eigenvalue weighted by Crippen LogP contribution is 2.41. The van der Waals surface area contributed by atoms with E-state index in [4.69, 9.17) is 4.74 Å². The second kappa shape index (κ2) is 9.58. The van der Waals surface area contributed by atoms with E-state index in [2.05, 4.69) is 15.1 Å². The van der Waals surface area contributed by atoms with Crippen LogP contribution in [0.4, 0.5) is 27.9 Å². The molecule has 1 atom stereocenters. The highest BCUT2D eigenvalue weighted by molar-refractivity contribution is 5.91. The molecule has 1 fully saturated rings. The number of morpholine rings is 1. The molecule has 7 nitrogen and oxygen atoms in total. The minimum Gasteiger partial charge on any atom is -0.503 e. The predicted octanol–water partition coefficient (Wildman–Crippen LogP) is 4.96. The van der Waals surface area contributed by atoms with E-state index < -0.39 is 34.7 Å². The molecule has 2 aromatic heterocycles. The maximum absolute atomic E-state index is 14.8. The van der Waals surface area contributed by atoms with Gasteiger partial charge in [-0.3, -0.25) is 0 Å². The number of phenolic OH excluding ortho intramolecular Hbond substituents is 1. The SMILES string of the molecule is CCn1nc(-c2cc(C(F)(F)F)c(F)c(O)c2F)c2cnc(N3CCOC[C@H]3Cc3ccccc3)nc21. The summed E-state index contributed by atoms with van der Waals surface area (Å²) in [5, 5.41) is 14.2. The van der Waals surface area contributed by atoms with Crippen LogP contribution in [-0.2, 0) is 23.9 Å². The molecule has 1 aliphatic heterocycles. The Morgan fingerprint density at radius 1 is 1.14 bits per heavy atom. The summed E-state index contributed by atoms with van der Waals surface area (Å²) < 4.78 is 76.0. The molecule has 194 valence electrons. The molecular formula is C25H22F5N5O2. The van der Waals surface area contributed by atoms with Crippen LogP contribution < -0.4 is 4.90 Å². The number of hydrogen-bond donors (Lipinski definition) is 1. The summed E-state index contributed by atoms with van der Waals surface area (Å²) in [6.45, 7) is 3.45. The van der Waals surface area contributed by atoms with Gasteiger partial charge in [0.05, 0.1) is 30.2 Å². The molecular weight excluding hydrogens is 497 g/mol. The van der Waals surface area contributed by atoms with Gasteiger partial charge in [-0.25, -0.2) is 18.4 Å². The van der Waals surface area contributed by atoms with Crippen molar-refractivity contribution in [2.45, 2.75) is 32.1 Å². The summed E-state index contributed by atoms with van der Waals surface area (Å²) in [6, 6.07) is 10.1. The molecule has 0 unspecified atom stereocenters. The van der Waals surface area contributed by atoms with Crippen LogP contribution in [0.5, 0.6) is 5.75 Å². The number of rotatable bonds is 5. The third kappa shape index (κ3) is 4.57. The zero-order valence-corrected chi connectivity index (χ0v) is 19.6. The van der Waals surface area contributed by atoms with E-state index in [1.807, 2.05) is 35.2 Å². The van der Waals surface area contributed by atoms with Crippen LogP contribution >= 0.6 is 0 Å². The Morgan fingerprint density at radius 3 is 2.59 bits per heavy atom. The van der Waals surface area contributed by atoms with Gasteiger partial charge in [-0.15, -0.1) is 0 Å². The van der Waals surface area contributed by atoms with Gasteiger partial charge in [0.1, 0.15) is 5.69 Å². The first-order valence-corrected chi connectivity index (χ1v) is 11.6. The van der Waals surface area contributed by atoms with Gasteiger partial charge in [-0.2, -0.15) is 23.3 Å². The van der Waals surface area contributed by atoms with Crippen LogP contribution in [0.1, 0.15) is 18.1 Å². The number of phenols is 1. The molecule has 37 heavy (non-hydrogen) atoms. The molecule has 0 saturated carbocycles.